The number of guanidine groups is 1. The summed E-state index contributed by atoms with van der Waals surface area (Å²) in [7, 11) is -1.73. The monoisotopic (exact) mass is 443 g/mol. The van der Waals surface area contributed by atoms with Gasteiger partial charge >= 0.3 is 6.18 Å². The van der Waals surface area contributed by atoms with Crippen LogP contribution in [0.5, 0.6) is 5.75 Å². The summed E-state index contributed by atoms with van der Waals surface area (Å²) in [5, 5.41) is 6.10. The maximum atomic E-state index is 12.2. The molecule has 2 rings (SSSR count). The molecule has 0 bridgehead atoms. The van der Waals surface area contributed by atoms with E-state index < -0.39 is 22.6 Å². The third kappa shape index (κ3) is 8.32. The lowest BCUT2D eigenvalue weighted by Gasteiger charge is -2.13. The van der Waals surface area contributed by atoms with Crippen LogP contribution in [0.2, 0.25) is 0 Å². The summed E-state index contributed by atoms with van der Waals surface area (Å²) in [5.74, 6) is 0.642. The Bertz CT molecular complexity index is 916. The minimum atomic E-state index is -4.38. The molecule has 0 saturated heterocycles. The SMILES string of the molecule is CN=C(NCCCS(=O)(=O)c1ccccc1)NCc1ccc(OCC(F)(F)F)cc1. The molecule has 2 aromatic rings. The molecule has 10 heteroatoms. The predicted molar refractivity (Wildman–Crippen MR) is 109 cm³/mol. The first-order valence-corrected chi connectivity index (χ1v) is 10.9. The van der Waals surface area contributed by atoms with Crippen molar-refractivity contribution in [3.63, 3.8) is 0 Å². The van der Waals surface area contributed by atoms with Gasteiger partial charge in [-0.25, -0.2) is 8.42 Å². The summed E-state index contributed by atoms with van der Waals surface area (Å²) in [6, 6.07) is 14.5. The van der Waals surface area contributed by atoms with Gasteiger partial charge in [-0.3, -0.25) is 4.99 Å². The highest BCUT2D eigenvalue weighted by molar-refractivity contribution is 7.91. The number of hydrogen-bond acceptors (Lipinski definition) is 4. The van der Waals surface area contributed by atoms with Crippen molar-refractivity contribution in [2.75, 3.05) is 26.0 Å². The molecule has 0 amide bonds. The molecule has 0 heterocycles. The predicted octanol–water partition coefficient (Wildman–Crippen LogP) is 3.16. The molecule has 0 saturated carbocycles. The third-order valence-electron chi connectivity index (χ3n) is 3.99. The number of aliphatic imine (C=N–C) groups is 1. The molecule has 0 spiro atoms. The van der Waals surface area contributed by atoms with Crippen molar-refractivity contribution in [3.05, 3.63) is 60.2 Å². The highest BCUT2D eigenvalue weighted by atomic mass is 32.2. The van der Waals surface area contributed by atoms with E-state index in [1.165, 1.54) is 12.1 Å². The van der Waals surface area contributed by atoms with E-state index in [0.29, 0.717) is 30.4 Å². The zero-order valence-corrected chi connectivity index (χ0v) is 17.3. The highest BCUT2D eigenvalue weighted by Crippen LogP contribution is 2.18. The van der Waals surface area contributed by atoms with Crippen molar-refractivity contribution in [2.24, 2.45) is 4.99 Å². The summed E-state index contributed by atoms with van der Waals surface area (Å²) in [5.41, 5.74) is 0.823. The first-order chi connectivity index (χ1) is 14.2. The van der Waals surface area contributed by atoms with Gasteiger partial charge in [-0.15, -0.1) is 0 Å². The van der Waals surface area contributed by atoms with Crippen LogP contribution in [0.4, 0.5) is 13.2 Å². The van der Waals surface area contributed by atoms with E-state index in [9.17, 15) is 21.6 Å². The maximum absolute atomic E-state index is 12.2. The van der Waals surface area contributed by atoms with E-state index >= 15 is 0 Å². The molecular formula is C20H24F3N3O3S. The molecule has 164 valence electrons. The van der Waals surface area contributed by atoms with Crippen molar-refractivity contribution in [3.8, 4) is 5.75 Å². The molecule has 6 nitrogen and oxygen atoms in total. The van der Waals surface area contributed by atoms with Gasteiger partial charge in [0, 0.05) is 20.1 Å². The van der Waals surface area contributed by atoms with Gasteiger partial charge in [-0.2, -0.15) is 13.2 Å². The van der Waals surface area contributed by atoms with E-state index in [-0.39, 0.29) is 11.5 Å². The van der Waals surface area contributed by atoms with Crippen molar-refractivity contribution < 1.29 is 26.3 Å². The van der Waals surface area contributed by atoms with Crippen LogP contribution in [-0.4, -0.2) is 46.5 Å². The smallest absolute Gasteiger partial charge is 0.422 e. The van der Waals surface area contributed by atoms with Crippen molar-refractivity contribution in [1.29, 1.82) is 0 Å². The zero-order valence-electron chi connectivity index (χ0n) is 16.4. The minimum Gasteiger partial charge on any atom is -0.484 e. The first kappa shape index (κ1) is 23.5. The van der Waals surface area contributed by atoms with Crippen LogP contribution in [-0.2, 0) is 16.4 Å². The van der Waals surface area contributed by atoms with Crippen molar-refractivity contribution >= 4 is 15.8 Å². The average Bonchev–Trinajstić information content (AvgIpc) is 2.72. The fourth-order valence-electron chi connectivity index (χ4n) is 2.49. The second-order valence-corrected chi connectivity index (χ2v) is 8.49. The summed E-state index contributed by atoms with van der Waals surface area (Å²) < 4.78 is 65.6. The number of nitrogens with zero attached hydrogens (tertiary/aromatic N) is 1. The zero-order chi connectivity index (χ0) is 22.0. The van der Waals surface area contributed by atoms with E-state index in [4.69, 9.17) is 0 Å². The van der Waals surface area contributed by atoms with Crippen LogP contribution in [0, 0.1) is 0 Å². The van der Waals surface area contributed by atoms with Crippen molar-refractivity contribution in [2.45, 2.75) is 24.0 Å². The Labute approximate surface area is 174 Å². The molecule has 0 unspecified atom stereocenters. The van der Waals surface area contributed by atoms with Crippen LogP contribution in [0.3, 0.4) is 0 Å². The van der Waals surface area contributed by atoms with Gasteiger partial charge in [0.1, 0.15) is 5.75 Å². The van der Waals surface area contributed by atoms with E-state index in [0.717, 1.165) is 5.56 Å². The summed E-state index contributed by atoms with van der Waals surface area (Å²) in [4.78, 5) is 4.37. The maximum Gasteiger partial charge on any atom is 0.422 e. The molecule has 0 fully saturated rings. The molecule has 0 aliphatic rings. The Morgan fingerprint density at radius 3 is 2.30 bits per heavy atom. The normalized spacial score (nSPS) is 12.5. The minimum absolute atomic E-state index is 0.0143. The lowest BCUT2D eigenvalue weighted by atomic mass is 10.2. The van der Waals surface area contributed by atoms with Gasteiger partial charge in [0.15, 0.2) is 22.4 Å². The van der Waals surface area contributed by atoms with E-state index in [1.54, 1.807) is 49.5 Å². The molecule has 0 aliphatic heterocycles. The Balaban J connectivity index is 1.73. The number of alkyl halides is 3. The quantitative estimate of drug-likeness (QED) is 0.354. The standard InChI is InChI=1S/C20H24F3N3O3S/c1-24-19(25-12-5-13-30(27,28)18-6-3-2-4-7-18)26-14-16-8-10-17(11-9-16)29-15-20(21,22)23/h2-4,6-11H,5,12-15H2,1H3,(H2,24,25,26). The van der Waals surface area contributed by atoms with Crippen LogP contribution in [0.1, 0.15) is 12.0 Å². The fraction of sp³-hybridized carbons (Fsp3) is 0.350. The lowest BCUT2D eigenvalue weighted by molar-refractivity contribution is -0.153. The summed E-state index contributed by atoms with van der Waals surface area (Å²) in [6.45, 7) is -0.529. The van der Waals surface area contributed by atoms with Crippen LogP contribution in [0.15, 0.2) is 64.5 Å². The van der Waals surface area contributed by atoms with E-state index in [1.807, 2.05) is 0 Å². The van der Waals surface area contributed by atoms with Gasteiger partial charge in [0.2, 0.25) is 0 Å². The number of rotatable bonds is 9. The van der Waals surface area contributed by atoms with Crippen LogP contribution >= 0.6 is 0 Å². The second-order valence-electron chi connectivity index (χ2n) is 6.39. The van der Waals surface area contributed by atoms with Crippen molar-refractivity contribution in [1.82, 2.24) is 10.6 Å². The Morgan fingerprint density at radius 2 is 1.70 bits per heavy atom. The first-order valence-electron chi connectivity index (χ1n) is 9.20. The number of nitrogens with one attached hydrogen (secondary N) is 2. The fourth-order valence-corrected chi connectivity index (χ4v) is 3.82. The molecule has 0 aromatic heterocycles. The number of hydrogen-bond donors (Lipinski definition) is 2. The van der Waals surface area contributed by atoms with E-state index in [2.05, 4.69) is 20.4 Å². The molecule has 0 radical (unpaired) electrons. The Hall–Kier alpha value is -2.75. The highest BCUT2D eigenvalue weighted by Gasteiger charge is 2.28. The molecule has 2 aromatic carbocycles. The average molecular weight is 443 g/mol. The Kier molecular flexibility index (Phi) is 8.52. The molecule has 30 heavy (non-hydrogen) atoms. The second kappa shape index (κ2) is 10.9. The van der Waals surface area contributed by atoms with Gasteiger partial charge in [0.05, 0.1) is 10.6 Å². The molecule has 0 atom stereocenters. The number of sulfone groups is 1. The van der Waals surface area contributed by atoms with Gasteiger partial charge in [-0.1, -0.05) is 30.3 Å². The van der Waals surface area contributed by atoms with Gasteiger partial charge in [-0.05, 0) is 36.2 Å². The summed E-state index contributed by atoms with van der Waals surface area (Å²) >= 11 is 0. The largest absolute Gasteiger partial charge is 0.484 e. The van der Waals surface area contributed by atoms with Crippen LogP contribution in [0.25, 0.3) is 0 Å². The molecule has 2 N–H and O–H groups in total. The molecule has 0 aliphatic carbocycles. The third-order valence-corrected chi connectivity index (χ3v) is 5.81. The van der Waals surface area contributed by atoms with Gasteiger partial charge < -0.3 is 15.4 Å². The van der Waals surface area contributed by atoms with Gasteiger partial charge in [0.25, 0.3) is 0 Å². The number of halogens is 3. The number of ether oxygens (including phenoxy) is 1. The Morgan fingerprint density at radius 1 is 1.03 bits per heavy atom. The number of benzene rings is 2. The lowest BCUT2D eigenvalue weighted by Crippen LogP contribution is -2.37. The van der Waals surface area contributed by atoms with Crippen LogP contribution < -0.4 is 15.4 Å². The topological polar surface area (TPSA) is 79.8 Å². The molecular weight excluding hydrogens is 419 g/mol. The summed E-state index contributed by atoms with van der Waals surface area (Å²) in [6.07, 6.45) is -3.97.